The molecule has 6 fully saturated rings. The van der Waals surface area contributed by atoms with Gasteiger partial charge >= 0.3 is 115 Å². The number of nitrogens with zero attached hydrogens (tertiary/aromatic N) is 4. The average Bonchev–Trinajstić information content (AvgIpc) is 3.87. The van der Waals surface area contributed by atoms with Crippen LogP contribution in [0.15, 0.2) is 81.5 Å². The van der Waals surface area contributed by atoms with Crippen molar-refractivity contribution in [3.8, 4) is 0 Å². The third-order valence-electron chi connectivity index (χ3n) is 16.0. The van der Waals surface area contributed by atoms with E-state index in [1.54, 1.807) is 0 Å². The summed E-state index contributed by atoms with van der Waals surface area (Å²) >= 11 is 12.2. The molecule has 4 heterocycles. The third kappa shape index (κ3) is 15.9. The Morgan fingerprint density at radius 1 is 0.426 bits per heavy atom. The average molecular weight is 1750 g/mol. The summed E-state index contributed by atoms with van der Waals surface area (Å²) in [5.74, 6) is 3.86. The van der Waals surface area contributed by atoms with Crippen LogP contribution in [0.3, 0.4) is 0 Å². The van der Waals surface area contributed by atoms with Gasteiger partial charge in [0.2, 0.25) is 0 Å². The normalized spacial score (nSPS) is 27.4. The first-order valence-corrected chi connectivity index (χ1v) is 73.7. The standard InChI is InChI=1S/C27H40N2O.C27H32N2O.4BrH.3Hg.H2N/c2*30-27-25(19-9-3-1-4-10-19)23(21-13-7-15-28-17-21)24(22-14-8-16-29-18-22)26(27)20-11-5-2-6-12-20;;;;;;;;/h19-22H,1-18H2;1,3-4,7,9-10,13,20-22H,2,5-6,8,11-12,14-18H2;4*1H;;;;1H2/q2*-2;;;;;+1;2*+2;-1/p-4. The van der Waals surface area contributed by atoms with Crippen LogP contribution in [0.25, 0.3) is 33.0 Å². The molecule has 0 aromatic heterocycles. The molecule has 0 bridgehead atoms. The number of benzene rings is 1. The molecule has 1 radical (unpaired) electrons. The van der Waals surface area contributed by atoms with E-state index in [1.807, 2.05) is 6.07 Å². The molecule has 4 aliphatic heterocycles. The van der Waals surface area contributed by atoms with Gasteiger partial charge in [-0.05, 0) is 127 Å². The van der Waals surface area contributed by atoms with Gasteiger partial charge in [0.15, 0.2) is 11.6 Å². The van der Waals surface area contributed by atoms with E-state index in [1.165, 1.54) is 143 Å². The Morgan fingerprint density at radius 3 is 1.15 bits per heavy atom. The molecule has 0 amide bonds. The first-order chi connectivity index (χ1) is 32.5. The van der Waals surface area contributed by atoms with Gasteiger partial charge in [0.25, 0.3) is 0 Å². The summed E-state index contributed by atoms with van der Waals surface area (Å²) in [4.78, 5) is 28.3. The van der Waals surface area contributed by atoms with Crippen LogP contribution >= 0.6 is 47.6 Å². The summed E-state index contributed by atoms with van der Waals surface area (Å²) < 4.78 is 0. The van der Waals surface area contributed by atoms with E-state index < -0.39 is 39.4 Å². The van der Waals surface area contributed by atoms with E-state index in [-0.39, 0.29) is 39.7 Å². The van der Waals surface area contributed by atoms with Crippen LogP contribution in [-0.2, 0) is 76.7 Å². The Bertz CT molecular complexity index is 1830. The van der Waals surface area contributed by atoms with Crippen molar-refractivity contribution < 1.29 is 76.7 Å². The molecule has 0 spiro atoms. The number of halogens is 4. The van der Waals surface area contributed by atoms with Crippen molar-refractivity contribution in [3.05, 3.63) is 114 Å². The van der Waals surface area contributed by atoms with Gasteiger partial charge in [-0.15, -0.1) is 58.4 Å². The number of allylic oxidation sites excluding steroid dienone is 4. The minimum Gasteiger partial charge on any atom is -0.693 e. The Kier molecular flexibility index (Phi) is 29.5. The predicted octanol–water partition coefficient (Wildman–Crippen LogP) is 17.2. The van der Waals surface area contributed by atoms with Crippen LogP contribution in [-0.4, -0.2) is 63.9 Å². The summed E-state index contributed by atoms with van der Waals surface area (Å²) in [6, 6.07) is 10.4. The number of rotatable bonds is 8. The number of carbonyl (C=O) groups excluding carboxylic acids is 2. The van der Waals surface area contributed by atoms with Crippen molar-refractivity contribution in [1.82, 2.24) is 0 Å². The number of nitrogens with two attached hydrogens (primary N) is 1. The smallest absolute Gasteiger partial charge is 0.693 e. The summed E-state index contributed by atoms with van der Waals surface area (Å²) in [6.07, 6.45) is 30.6. The Balaban J connectivity index is 0.000000222. The molecule has 10 rings (SSSR count). The molecule has 5 aliphatic carbocycles. The van der Waals surface area contributed by atoms with Crippen molar-refractivity contribution in [2.24, 2.45) is 41.4 Å². The van der Waals surface area contributed by atoms with E-state index in [0.29, 0.717) is 47.1 Å². The van der Waals surface area contributed by atoms with Crippen molar-refractivity contribution >= 4 is 64.8 Å². The van der Waals surface area contributed by atoms with Crippen molar-refractivity contribution in [1.29, 1.82) is 0 Å². The minimum absolute atomic E-state index is 0. The van der Waals surface area contributed by atoms with Gasteiger partial charge in [-0.2, -0.15) is 0 Å². The van der Waals surface area contributed by atoms with E-state index in [2.05, 4.69) is 84.0 Å². The van der Waals surface area contributed by atoms with E-state index in [9.17, 15) is 9.59 Å². The fourth-order valence-corrected chi connectivity index (χ4v) is 13.2. The van der Waals surface area contributed by atoms with Gasteiger partial charge in [-0.1, -0.05) is 113 Å². The molecule has 3 saturated carbocycles. The zero-order chi connectivity index (χ0) is 46.1. The van der Waals surface area contributed by atoms with Crippen molar-refractivity contribution in [3.63, 3.8) is 0 Å². The molecular formula is C54H74Br4Hg3N5O2-4. The largest absolute Gasteiger partial charge is 1.00 e. The first kappa shape index (κ1) is 60.6. The minimum atomic E-state index is -0.458. The number of Topliss-reactive ketones (excluding diaryl/α,β-unsaturated/α-hetero) is 2. The monoisotopic (exact) mass is 1750 g/mol. The van der Waals surface area contributed by atoms with Crippen molar-refractivity contribution in [2.75, 3.05) is 52.4 Å². The molecule has 68 heavy (non-hydrogen) atoms. The maximum atomic E-state index is 14.2. The molecule has 4 atom stereocenters. The van der Waals surface area contributed by atoms with E-state index in [4.69, 9.17) is 21.3 Å². The van der Waals surface area contributed by atoms with Gasteiger partial charge < -0.3 is 27.4 Å². The summed E-state index contributed by atoms with van der Waals surface area (Å²) in [5, 5.41) is 19.1. The van der Waals surface area contributed by atoms with Crippen LogP contribution in [0.5, 0.6) is 0 Å². The van der Waals surface area contributed by atoms with Gasteiger partial charge in [0.05, 0.1) is 0 Å². The zero-order valence-electron chi connectivity index (χ0n) is 40.9. The predicted molar refractivity (Wildman–Crippen MR) is 288 cm³/mol. The first-order valence-electron chi connectivity index (χ1n) is 26.1. The number of carbonyl (C=O) groups is 2. The summed E-state index contributed by atoms with van der Waals surface area (Å²) in [6.45, 7) is 7.37. The van der Waals surface area contributed by atoms with Crippen molar-refractivity contribution in [2.45, 2.75) is 135 Å². The quantitative estimate of drug-likeness (QED) is 0.190. The molecule has 9 aliphatic rings. The molecule has 4 unspecified atom stereocenters. The van der Waals surface area contributed by atoms with Crippen LogP contribution in [0.2, 0.25) is 0 Å². The Morgan fingerprint density at radius 2 is 0.794 bits per heavy atom. The fourth-order valence-electron chi connectivity index (χ4n) is 13.2. The zero-order valence-corrected chi connectivity index (χ0v) is 63.7. The molecule has 14 heteroatoms. The maximum Gasteiger partial charge on any atom is 1.00 e. The van der Waals surface area contributed by atoms with E-state index in [0.717, 1.165) is 94.8 Å². The van der Waals surface area contributed by atoms with Gasteiger partial charge in [0, 0.05) is 22.3 Å². The second kappa shape index (κ2) is 33.1. The molecule has 365 valence electrons. The van der Waals surface area contributed by atoms with Crippen LogP contribution in [0.1, 0.15) is 140 Å². The maximum absolute atomic E-state index is 14.2. The number of ketones is 2. The fraction of sp³-hybridized carbons (Fsp3) is 0.667. The number of hydrogen-bond donors (Lipinski definition) is 0. The summed E-state index contributed by atoms with van der Waals surface area (Å²) in [7, 11) is 0. The van der Waals surface area contributed by atoms with Crippen LogP contribution < -0.4 is 0 Å². The number of hydrogen-bond acceptors (Lipinski definition) is 2. The molecule has 3 saturated heterocycles. The van der Waals surface area contributed by atoms with Crippen LogP contribution in [0, 0.1) is 41.4 Å². The molecule has 7 nitrogen and oxygen atoms in total. The van der Waals surface area contributed by atoms with Gasteiger partial charge in [-0.3, -0.25) is 9.59 Å². The molecular weight excluding hydrogens is 1670 g/mol. The second-order valence-corrected chi connectivity index (χ2v) is 67.7. The van der Waals surface area contributed by atoms with Crippen LogP contribution in [0.4, 0.5) is 0 Å². The molecule has 1 aromatic rings. The SMILES string of the molecule is O=C1C(C2CCCCC2)=C(C2CCC[N-]C2)C(C2CCC[N-]C2)=C1C1CCCCC1.O=C1C(c2ccccc2)=C(C2C=CC[N-]C2)C(C2CCC[N-]C2)=C1C1CCCCC1.[Br][Hg][Br].[Br][Hg][Br].[Hg+].[NH2-]. The Labute approximate surface area is 478 Å². The summed E-state index contributed by atoms with van der Waals surface area (Å²) in [5.41, 5.74) is 11.5. The van der Waals surface area contributed by atoms with Gasteiger partial charge in [0.1, 0.15) is 0 Å². The number of piperidine rings is 3. The topological polar surface area (TPSA) is 124 Å². The van der Waals surface area contributed by atoms with E-state index >= 15 is 0 Å². The molecule has 2 N–H and O–H groups in total. The Hall–Kier alpha value is 1.79. The molecule has 1 aromatic carbocycles. The third-order valence-corrected chi connectivity index (χ3v) is 16.0. The van der Waals surface area contributed by atoms with Gasteiger partial charge in [-0.25, -0.2) is 0 Å². The second-order valence-electron chi connectivity index (χ2n) is 20.0.